The van der Waals surface area contributed by atoms with E-state index >= 15 is 4.79 Å². The topological polar surface area (TPSA) is 294 Å². The van der Waals surface area contributed by atoms with Crippen molar-refractivity contribution < 1.29 is 76.8 Å². The number of amides is 7. The fourth-order valence-corrected chi connectivity index (χ4v) is 11.8. The van der Waals surface area contributed by atoms with Crippen LogP contribution in [0.25, 0.3) is 0 Å². The molecule has 7 amide bonds. The van der Waals surface area contributed by atoms with Crippen molar-refractivity contribution in [1.29, 1.82) is 0 Å². The normalized spacial score (nSPS) is 22.4. The van der Waals surface area contributed by atoms with Gasteiger partial charge in [0.2, 0.25) is 41.2 Å². The summed E-state index contributed by atoms with van der Waals surface area (Å²) in [5.74, 6) is -6.90. The molecule has 2 bridgehead atoms. The van der Waals surface area contributed by atoms with Crippen LogP contribution in [0.4, 0.5) is 5.69 Å². The highest BCUT2D eigenvalue weighted by atomic mass is 16.5. The lowest BCUT2D eigenvalue weighted by Gasteiger charge is -2.36. The van der Waals surface area contributed by atoms with Crippen LogP contribution in [0.5, 0.6) is 11.5 Å². The molecule has 0 saturated carbocycles. The van der Waals surface area contributed by atoms with Crippen molar-refractivity contribution >= 4 is 70.7 Å². The second kappa shape index (κ2) is 34.0. The van der Waals surface area contributed by atoms with Crippen molar-refractivity contribution in [2.45, 2.75) is 154 Å². The maximum Gasteiger partial charge on any atom is 0.330 e. The molecule has 2 saturated heterocycles. The van der Waals surface area contributed by atoms with Crippen molar-refractivity contribution in [2.24, 2.45) is 11.3 Å². The number of carbonyl (C=O) groups is 11. The summed E-state index contributed by atoms with van der Waals surface area (Å²) in [5, 5.41) is 17.8. The summed E-state index contributed by atoms with van der Waals surface area (Å²) in [6.07, 6.45) is 4.02. The van der Waals surface area contributed by atoms with Gasteiger partial charge in [-0.2, -0.15) is 0 Å². The van der Waals surface area contributed by atoms with E-state index in [2.05, 4.69) is 16.0 Å². The number of ketones is 1. The lowest BCUT2D eigenvalue weighted by atomic mass is 9.87. The smallest absolute Gasteiger partial charge is 0.330 e. The first-order chi connectivity index (χ1) is 44.9. The minimum atomic E-state index is -1.52. The van der Waals surface area contributed by atoms with Crippen LogP contribution in [0.1, 0.15) is 138 Å². The number of piperidine rings is 1. The number of cyclic esters (lactones) is 2. The number of aryl methyl sites for hydroxylation is 2. The third-order valence-electron chi connectivity index (χ3n) is 17.2. The average Bonchev–Trinajstić information content (AvgIpc) is 1.31. The number of anilines is 1. The van der Waals surface area contributed by atoms with Crippen molar-refractivity contribution in [3.63, 3.8) is 0 Å². The van der Waals surface area contributed by atoms with Gasteiger partial charge in [0.15, 0.2) is 11.5 Å². The van der Waals surface area contributed by atoms with Gasteiger partial charge in [-0.25, -0.2) is 9.59 Å². The van der Waals surface area contributed by atoms with E-state index in [1.54, 1.807) is 98.0 Å². The van der Waals surface area contributed by atoms with Crippen LogP contribution in [-0.2, 0) is 81.5 Å². The molecular weight excluding hydrogens is 1210 g/mol. The van der Waals surface area contributed by atoms with Crippen LogP contribution >= 0.6 is 0 Å². The molecule has 0 spiro atoms. The number of Topliss-reactive ketones (excluding diaryl/α,β-unsaturated/α-hetero) is 1. The Morgan fingerprint density at radius 3 is 2.06 bits per heavy atom. The SMILES string of the molecule is COc1ccc(CC[C@H]2OC(=O)[C@@H]3CCCCN3C(=O)C(=O)C(C)(C)COC(=O)C=CCCN(C)C(=O)[C@H](CC(C)C)N(C)C(=O)[C@H]3CCCN3C(=O)[C@H](Cc3ccc(CCC(=O)O)cc3)NC(=O)[C@H](c3ccccc3)NC(=O)CCC(=O)Nc3cccc2c3)cc1OC. The molecule has 3 heterocycles. The number of esters is 2. The molecule has 3 aliphatic heterocycles. The number of ether oxygens (including phenoxy) is 4. The lowest BCUT2D eigenvalue weighted by Crippen LogP contribution is -2.58. The third kappa shape index (κ3) is 19.8. The zero-order valence-corrected chi connectivity index (χ0v) is 55.0. The molecule has 0 unspecified atom stereocenters. The van der Waals surface area contributed by atoms with E-state index in [-0.39, 0.29) is 95.7 Å². The number of aliphatic carboxylic acids is 1. The maximum absolute atomic E-state index is 15.2. The number of nitrogens with one attached hydrogen (secondary N) is 3. The molecular formula is C71H89N7O16. The number of hydrogen-bond donors (Lipinski definition) is 4. The number of carboxylic acids is 1. The standard InChI is InChI=1S/C71H89N7O16/c1-45(2)40-55-67(87)75(5)37-14-13-24-62(83)93-44-71(3,4)64(84)69(89)78-38-15-12-22-54(78)70(90)94-56(32-29-48-30-33-57(91-7)58(42-48)92-8)50-20-16-21-51(43-50)72-59(79)34-35-60(80)74-63(49-18-10-9-11-19-49)65(85)73-52(41-47-27-25-46(26-28-47)31-36-61(81)82)66(86)77-39-17-23-53(77)68(88)76(55)6/h9-11,13,16,18-21,24-28,30,33,42-43,45,52-56,63H,12,14-15,17,22-23,29,31-32,34-41,44H2,1-8H3,(H,72,79)(H,73,85)(H,74,80)(H,81,82)/t52-,53+,54-,55-,56+,63-/m0/s1. The Bertz CT molecular complexity index is 3410. The fourth-order valence-electron chi connectivity index (χ4n) is 11.8. The second-order valence-corrected chi connectivity index (χ2v) is 25.3. The van der Waals surface area contributed by atoms with Gasteiger partial charge in [-0.05, 0) is 136 Å². The van der Waals surface area contributed by atoms with Gasteiger partial charge in [0, 0.05) is 71.2 Å². The molecule has 6 atom stereocenters. The predicted octanol–water partition coefficient (Wildman–Crippen LogP) is 7.04. The molecule has 7 rings (SSSR count). The zero-order chi connectivity index (χ0) is 68.2. The minimum Gasteiger partial charge on any atom is -0.493 e. The molecule has 94 heavy (non-hydrogen) atoms. The highest BCUT2D eigenvalue weighted by Gasteiger charge is 2.44. The van der Waals surface area contributed by atoms with E-state index in [1.165, 1.54) is 60.8 Å². The number of methoxy groups -OCH3 is 2. The molecule has 0 aliphatic carbocycles. The summed E-state index contributed by atoms with van der Waals surface area (Å²) in [5.41, 5.74) is 1.77. The Morgan fingerprint density at radius 1 is 0.691 bits per heavy atom. The summed E-state index contributed by atoms with van der Waals surface area (Å²) in [7, 11) is 6.13. The zero-order valence-electron chi connectivity index (χ0n) is 55.0. The summed E-state index contributed by atoms with van der Waals surface area (Å²) in [6, 6.07) is 21.5. The number of carbonyl (C=O) groups excluding carboxylic acids is 10. The van der Waals surface area contributed by atoms with Gasteiger partial charge in [-0.1, -0.05) is 92.7 Å². The van der Waals surface area contributed by atoms with E-state index in [4.69, 9.17) is 18.9 Å². The molecule has 0 radical (unpaired) electrons. The average molecular weight is 1300 g/mol. The summed E-state index contributed by atoms with van der Waals surface area (Å²) >= 11 is 0. The van der Waals surface area contributed by atoms with Gasteiger partial charge in [0.05, 0.1) is 19.6 Å². The summed E-state index contributed by atoms with van der Waals surface area (Å²) in [6.45, 7) is 6.64. The van der Waals surface area contributed by atoms with E-state index < -0.39 is 107 Å². The molecule has 23 nitrogen and oxygen atoms in total. The van der Waals surface area contributed by atoms with Gasteiger partial charge in [0.1, 0.15) is 42.9 Å². The Kier molecular flexibility index (Phi) is 26.0. The first-order valence-electron chi connectivity index (χ1n) is 32.1. The van der Waals surface area contributed by atoms with E-state index in [0.29, 0.717) is 59.6 Å². The highest BCUT2D eigenvalue weighted by Crippen LogP contribution is 2.33. The Hall–Kier alpha value is -9.41. The van der Waals surface area contributed by atoms with Crippen LogP contribution in [-0.4, -0.2) is 168 Å². The molecule has 0 aromatic heterocycles. The fraction of sp³-hybridized carbons (Fsp3) is 0.479. The number of carboxylic acid groups (broad SMARTS) is 1. The minimum absolute atomic E-state index is 0.0587. The molecule has 2 fully saturated rings. The van der Waals surface area contributed by atoms with E-state index in [1.807, 2.05) is 19.9 Å². The van der Waals surface area contributed by atoms with Crippen molar-refractivity contribution in [3.05, 3.63) is 137 Å². The Balaban J connectivity index is 1.20. The van der Waals surface area contributed by atoms with Crippen LogP contribution in [0.3, 0.4) is 0 Å². The lowest BCUT2D eigenvalue weighted by molar-refractivity contribution is -0.165. The van der Waals surface area contributed by atoms with Crippen LogP contribution < -0.4 is 25.4 Å². The van der Waals surface area contributed by atoms with Crippen molar-refractivity contribution in [2.75, 3.05) is 59.9 Å². The van der Waals surface area contributed by atoms with E-state index in [0.717, 1.165) is 17.2 Å². The van der Waals surface area contributed by atoms with Crippen LogP contribution in [0, 0.1) is 11.3 Å². The number of fused-ring (bicyclic) bond motifs is 4. The largest absolute Gasteiger partial charge is 0.493 e. The number of benzene rings is 4. The van der Waals surface area contributed by atoms with Crippen molar-refractivity contribution in [1.82, 2.24) is 30.2 Å². The Labute approximate surface area is 549 Å². The molecule has 4 aromatic rings. The number of rotatable bonds is 13. The molecule has 4 aromatic carbocycles. The van der Waals surface area contributed by atoms with Gasteiger partial charge in [-0.15, -0.1) is 0 Å². The van der Waals surface area contributed by atoms with Crippen LogP contribution in [0.15, 0.2) is 109 Å². The second-order valence-electron chi connectivity index (χ2n) is 25.3. The first kappa shape index (κ1) is 72.0. The quantitative estimate of drug-likeness (QED) is 0.0770. The maximum atomic E-state index is 15.2. The first-order valence-corrected chi connectivity index (χ1v) is 32.1. The van der Waals surface area contributed by atoms with Gasteiger partial charge < -0.3 is 59.6 Å². The van der Waals surface area contributed by atoms with Gasteiger partial charge in [0.25, 0.3) is 5.91 Å². The molecule has 4 N–H and O–H groups in total. The van der Waals surface area contributed by atoms with Gasteiger partial charge in [-0.3, -0.25) is 43.2 Å². The summed E-state index contributed by atoms with van der Waals surface area (Å²) in [4.78, 5) is 160. The van der Waals surface area contributed by atoms with E-state index in [9.17, 15) is 53.1 Å². The number of likely N-dealkylation sites (N-methyl/N-ethyl adjacent to an activating group) is 2. The molecule has 23 heteroatoms. The number of nitrogens with zero attached hydrogens (tertiary/aromatic N) is 4. The predicted molar refractivity (Wildman–Crippen MR) is 348 cm³/mol. The third-order valence-corrected chi connectivity index (χ3v) is 17.2. The highest BCUT2D eigenvalue weighted by molar-refractivity contribution is 6.38. The molecule has 3 aliphatic rings. The summed E-state index contributed by atoms with van der Waals surface area (Å²) < 4.78 is 22.8. The van der Waals surface area contributed by atoms with Crippen molar-refractivity contribution in [3.8, 4) is 11.5 Å². The van der Waals surface area contributed by atoms with Crippen LogP contribution in [0.2, 0.25) is 0 Å². The van der Waals surface area contributed by atoms with Gasteiger partial charge >= 0.3 is 17.9 Å². The Morgan fingerprint density at radius 2 is 1.36 bits per heavy atom. The molecule has 504 valence electrons. The number of hydrogen-bond acceptors (Lipinski definition) is 15. The monoisotopic (exact) mass is 1300 g/mol.